The predicted molar refractivity (Wildman–Crippen MR) is 112 cm³/mol. The topological polar surface area (TPSA) is 105 Å². The van der Waals surface area contributed by atoms with Gasteiger partial charge >= 0.3 is 11.9 Å². The third-order valence-electron chi connectivity index (χ3n) is 4.24. The molecule has 0 spiro atoms. The Morgan fingerprint density at radius 1 is 1.00 bits per heavy atom. The van der Waals surface area contributed by atoms with Gasteiger partial charge in [0.1, 0.15) is 21.1 Å². The van der Waals surface area contributed by atoms with Gasteiger partial charge in [0.15, 0.2) is 5.58 Å². The Labute approximate surface area is 171 Å². The van der Waals surface area contributed by atoms with Crippen molar-refractivity contribution in [3.63, 3.8) is 0 Å². The molecule has 0 atom stereocenters. The largest absolute Gasteiger partial charge is 0.478 e. The molecule has 0 saturated carbocycles. The Morgan fingerprint density at radius 2 is 1.76 bits per heavy atom. The van der Waals surface area contributed by atoms with Crippen molar-refractivity contribution in [3.05, 3.63) is 65.4 Å². The minimum Gasteiger partial charge on any atom is -0.478 e. The quantitative estimate of drug-likeness (QED) is 0.417. The SMILES string of the molecule is O=C(Nc1scc(-c2nc3ccccc3s2)c1C(=O)O)c1nc2ccccc2o1. The van der Waals surface area contributed by atoms with Gasteiger partial charge in [0.2, 0.25) is 0 Å². The zero-order valence-electron chi connectivity index (χ0n) is 14.6. The average molecular weight is 421 g/mol. The number of para-hydroxylation sites is 3. The van der Waals surface area contributed by atoms with Gasteiger partial charge in [0, 0.05) is 10.9 Å². The lowest BCUT2D eigenvalue weighted by molar-refractivity contribution is 0.0699. The number of benzene rings is 2. The minimum atomic E-state index is -1.15. The number of rotatable bonds is 4. The highest BCUT2D eigenvalue weighted by Gasteiger charge is 2.25. The van der Waals surface area contributed by atoms with Gasteiger partial charge in [-0.05, 0) is 24.3 Å². The summed E-state index contributed by atoms with van der Waals surface area (Å²) in [5.74, 6) is -1.88. The molecule has 1 amide bonds. The maximum absolute atomic E-state index is 12.6. The van der Waals surface area contributed by atoms with Gasteiger partial charge in [0.25, 0.3) is 5.89 Å². The van der Waals surface area contributed by atoms with E-state index in [9.17, 15) is 14.7 Å². The lowest BCUT2D eigenvalue weighted by Crippen LogP contribution is -2.13. The number of hydrogen-bond donors (Lipinski definition) is 2. The second kappa shape index (κ2) is 6.80. The van der Waals surface area contributed by atoms with E-state index in [-0.39, 0.29) is 16.5 Å². The molecular weight excluding hydrogens is 410 g/mol. The van der Waals surface area contributed by atoms with Gasteiger partial charge in [-0.1, -0.05) is 24.3 Å². The molecule has 0 bridgehead atoms. The van der Waals surface area contributed by atoms with Crippen molar-refractivity contribution in [2.75, 3.05) is 5.32 Å². The molecule has 0 unspecified atom stereocenters. The molecular formula is C20H11N3O4S2. The standard InChI is InChI=1S/C20H11N3O4S2/c24-16(17-21-11-5-1-3-7-13(11)27-17)23-19-15(20(25)26)10(9-28-19)18-22-12-6-2-4-8-14(12)29-18/h1-9H,(H,23,24)(H,25,26). The maximum atomic E-state index is 12.6. The van der Waals surface area contributed by atoms with Crippen LogP contribution in [0.4, 0.5) is 5.00 Å². The van der Waals surface area contributed by atoms with Gasteiger partial charge in [-0.25, -0.2) is 14.8 Å². The molecule has 3 aromatic heterocycles. The lowest BCUT2D eigenvalue weighted by Gasteiger charge is -2.02. The molecule has 0 radical (unpaired) electrons. The predicted octanol–water partition coefficient (Wildman–Crippen LogP) is 5.12. The Balaban J connectivity index is 1.52. The number of thiophene rings is 1. The first-order chi connectivity index (χ1) is 14.1. The number of nitrogens with one attached hydrogen (secondary N) is 1. The van der Waals surface area contributed by atoms with E-state index in [4.69, 9.17) is 4.42 Å². The summed E-state index contributed by atoms with van der Waals surface area (Å²) in [6.45, 7) is 0. The monoisotopic (exact) mass is 421 g/mol. The number of oxazole rings is 1. The summed E-state index contributed by atoms with van der Waals surface area (Å²) < 4.78 is 6.42. The van der Waals surface area contributed by atoms with Crippen molar-refractivity contribution in [2.45, 2.75) is 0 Å². The normalized spacial score (nSPS) is 11.2. The number of carbonyl (C=O) groups is 2. The summed E-state index contributed by atoms with van der Waals surface area (Å²) in [4.78, 5) is 33.2. The van der Waals surface area contributed by atoms with E-state index in [1.807, 2.05) is 24.3 Å². The van der Waals surface area contributed by atoms with Crippen LogP contribution in [-0.2, 0) is 0 Å². The molecule has 29 heavy (non-hydrogen) atoms. The number of hydrogen-bond acceptors (Lipinski definition) is 7. The summed E-state index contributed by atoms with van der Waals surface area (Å²) in [7, 11) is 0. The molecule has 0 saturated heterocycles. The first kappa shape index (κ1) is 17.5. The van der Waals surface area contributed by atoms with E-state index >= 15 is 0 Å². The lowest BCUT2D eigenvalue weighted by atomic mass is 10.2. The van der Waals surface area contributed by atoms with Gasteiger partial charge < -0.3 is 14.8 Å². The molecule has 2 aromatic carbocycles. The Bertz CT molecular complexity index is 1330. The minimum absolute atomic E-state index is 0.00137. The summed E-state index contributed by atoms with van der Waals surface area (Å²) in [5.41, 5.74) is 2.30. The summed E-state index contributed by atoms with van der Waals surface area (Å²) in [6.07, 6.45) is 0. The van der Waals surface area contributed by atoms with Crippen molar-refractivity contribution in [1.82, 2.24) is 9.97 Å². The van der Waals surface area contributed by atoms with Crippen LogP contribution in [-0.4, -0.2) is 27.0 Å². The van der Waals surface area contributed by atoms with Gasteiger partial charge in [-0.3, -0.25) is 4.79 Å². The molecule has 0 fully saturated rings. The van der Waals surface area contributed by atoms with Crippen LogP contribution in [0.25, 0.3) is 31.9 Å². The second-order valence-corrected chi connectivity index (χ2v) is 8.00. The van der Waals surface area contributed by atoms with Gasteiger partial charge in [-0.15, -0.1) is 22.7 Å². The second-order valence-electron chi connectivity index (χ2n) is 6.09. The zero-order chi connectivity index (χ0) is 20.0. The Kier molecular flexibility index (Phi) is 4.11. The molecule has 0 aliphatic carbocycles. The first-order valence-electron chi connectivity index (χ1n) is 8.48. The Hall–Kier alpha value is -3.56. The maximum Gasteiger partial charge on any atom is 0.339 e. The van der Waals surface area contributed by atoms with E-state index in [0.29, 0.717) is 21.7 Å². The van der Waals surface area contributed by atoms with Crippen molar-refractivity contribution >= 4 is 60.9 Å². The smallest absolute Gasteiger partial charge is 0.339 e. The highest BCUT2D eigenvalue weighted by molar-refractivity contribution is 7.22. The number of nitrogens with zero attached hydrogens (tertiary/aromatic N) is 2. The van der Waals surface area contributed by atoms with Crippen LogP contribution >= 0.6 is 22.7 Å². The number of anilines is 1. The summed E-state index contributed by atoms with van der Waals surface area (Å²) in [6, 6.07) is 14.6. The number of carbonyl (C=O) groups excluding carboxylic acids is 1. The number of carboxylic acid groups (broad SMARTS) is 1. The number of aromatic nitrogens is 2. The van der Waals surface area contributed by atoms with E-state index in [1.165, 1.54) is 11.3 Å². The number of amides is 1. The fraction of sp³-hybridized carbons (Fsp3) is 0. The summed E-state index contributed by atoms with van der Waals surface area (Å²) >= 11 is 2.53. The van der Waals surface area contributed by atoms with Crippen LogP contribution in [0, 0.1) is 0 Å². The Morgan fingerprint density at radius 3 is 2.52 bits per heavy atom. The average Bonchev–Trinajstić information content (AvgIpc) is 3.43. The van der Waals surface area contributed by atoms with Crippen molar-refractivity contribution in [2.24, 2.45) is 0 Å². The van der Waals surface area contributed by atoms with Gasteiger partial charge in [0.05, 0.1) is 10.2 Å². The molecule has 142 valence electrons. The molecule has 0 aliphatic rings. The van der Waals surface area contributed by atoms with Gasteiger partial charge in [-0.2, -0.15) is 0 Å². The molecule has 5 rings (SSSR count). The van der Waals surface area contributed by atoms with Crippen molar-refractivity contribution < 1.29 is 19.1 Å². The van der Waals surface area contributed by atoms with Crippen molar-refractivity contribution in [1.29, 1.82) is 0 Å². The van der Waals surface area contributed by atoms with Crippen LogP contribution < -0.4 is 5.32 Å². The van der Waals surface area contributed by atoms with E-state index in [2.05, 4.69) is 15.3 Å². The first-order valence-corrected chi connectivity index (χ1v) is 10.2. The fourth-order valence-corrected chi connectivity index (χ4v) is 4.93. The highest BCUT2D eigenvalue weighted by atomic mass is 32.1. The molecule has 2 N–H and O–H groups in total. The number of fused-ring (bicyclic) bond motifs is 2. The molecule has 0 aliphatic heterocycles. The highest BCUT2D eigenvalue weighted by Crippen LogP contribution is 2.39. The number of aromatic carboxylic acids is 1. The third kappa shape index (κ3) is 3.06. The number of thiazole rings is 1. The van der Waals surface area contributed by atoms with Crippen LogP contribution in [0.1, 0.15) is 21.0 Å². The van der Waals surface area contributed by atoms with E-state index < -0.39 is 11.9 Å². The van der Waals surface area contributed by atoms with Crippen molar-refractivity contribution in [3.8, 4) is 10.6 Å². The van der Waals surface area contributed by atoms with Crippen LogP contribution in [0.2, 0.25) is 0 Å². The van der Waals surface area contributed by atoms with Crippen LogP contribution in [0.3, 0.4) is 0 Å². The van der Waals surface area contributed by atoms with E-state index in [0.717, 1.165) is 21.6 Å². The fourth-order valence-electron chi connectivity index (χ4n) is 2.93. The molecule has 7 nitrogen and oxygen atoms in total. The van der Waals surface area contributed by atoms with Crippen LogP contribution in [0.15, 0.2) is 58.3 Å². The number of carboxylic acids is 1. The molecule has 3 heterocycles. The third-order valence-corrected chi connectivity index (χ3v) is 6.21. The van der Waals surface area contributed by atoms with Crippen LogP contribution in [0.5, 0.6) is 0 Å². The summed E-state index contributed by atoms with van der Waals surface area (Å²) in [5, 5.41) is 14.9. The zero-order valence-corrected chi connectivity index (χ0v) is 16.2. The molecule has 5 aromatic rings. The van der Waals surface area contributed by atoms with E-state index in [1.54, 1.807) is 29.6 Å². The molecule has 9 heteroatoms.